The van der Waals surface area contributed by atoms with Crippen LogP contribution in [0.5, 0.6) is 11.5 Å². The third kappa shape index (κ3) is 8.66. The highest BCUT2D eigenvalue weighted by Gasteiger charge is 2.13. The maximum atomic E-state index is 12.2. The molecule has 1 N–H and O–H groups in total. The van der Waals surface area contributed by atoms with E-state index in [1.165, 1.54) is 11.8 Å². The lowest BCUT2D eigenvalue weighted by atomic mass is 10.1. The fourth-order valence-electron chi connectivity index (χ4n) is 3.12. The van der Waals surface area contributed by atoms with Crippen LogP contribution in [-0.4, -0.2) is 24.5 Å². The highest BCUT2D eigenvalue weighted by atomic mass is 35.5. The van der Waals surface area contributed by atoms with Gasteiger partial charge in [0.1, 0.15) is 6.61 Å². The molecule has 1 amide bonds. The smallest absolute Gasteiger partial charge is 0.250 e. The second-order valence-electron chi connectivity index (χ2n) is 7.38. The molecule has 0 aliphatic carbocycles. The van der Waals surface area contributed by atoms with Gasteiger partial charge in [-0.15, -0.1) is 18.3 Å². The number of hydrogen-bond acceptors (Lipinski definition) is 5. The quantitative estimate of drug-likeness (QED) is 0.120. The van der Waals surface area contributed by atoms with Crippen molar-refractivity contribution in [2.24, 2.45) is 5.10 Å². The van der Waals surface area contributed by atoms with Gasteiger partial charge in [0, 0.05) is 20.5 Å². The monoisotopic (exact) mass is 528 g/mol. The Balaban J connectivity index is 1.68. The third-order valence-corrected chi connectivity index (χ3v) is 6.22. The van der Waals surface area contributed by atoms with Crippen LogP contribution in [0, 0.1) is 0 Å². The summed E-state index contributed by atoms with van der Waals surface area (Å²) in [6.45, 7) is 6.61. The van der Waals surface area contributed by atoms with Gasteiger partial charge in [0.05, 0.1) is 18.6 Å². The molecule has 0 aromatic heterocycles. The third-order valence-electron chi connectivity index (χ3n) is 4.70. The van der Waals surface area contributed by atoms with Crippen LogP contribution in [0.15, 0.2) is 83.3 Å². The van der Waals surface area contributed by atoms with Crippen molar-refractivity contribution in [3.05, 3.63) is 100 Å². The van der Waals surface area contributed by atoms with Crippen LogP contribution in [0.1, 0.15) is 23.6 Å². The van der Waals surface area contributed by atoms with Crippen molar-refractivity contribution in [2.45, 2.75) is 24.8 Å². The van der Waals surface area contributed by atoms with Crippen molar-refractivity contribution in [1.82, 2.24) is 5.43 Å². The number of carbonyl (C=O) groups excluding carboxylic acids is 1. The molecule has 0 bridgehead atoms. The van der Waals surface area contributed by atoms with Crippen molar-refractivity contribution < 1.29 is 14.3 Å². The van der Waals surface area contributed by atoms with Gasteiger partial charge in [0.2, 0.25) is 5.91 Å². The first-order chi connectivity index (χ1) is 17.0. The summed E-state index contributed by atoms with van der Waals surface area (Å²) < 4.78 is 12.0. The summed E-state index contributed by atoms with van der Waals surface area (Å²) in [7, 11) is 0. The first-order valence-electron chi connectivity index (χ1n) is 11.0. The molecule has 0 unspecified atom stereocenters. The predicted molar refractivity (Wildman–Crippen MR) is 145 cm³/mol. The minimum atomic E-state index is -0.208. The summed E-state index contributed by atoms with van der Waals surface area (Å²) in [5.41, 5.74) is 5.24. The minimum absolute atomic E-state index is 0.208. The molecule has 182 valence electrons. The van der Waals surface area contributed by atoms with Crippen LogP contribution in [0.2, 0.25) is 10.0 Å². The zero-order valence-corrected chi connectivity index (χ0v) is 21.6. The summed E-state index contributed by atoms with van der Waals surface area (Å²) in [6.07, 6.45) is 3.97. The lowest BCUT2D eigenvalue weighted by Gasteiger charge is -2.17. The first-order valence-corrected chi connectivity index (χ1v) is 12.7. The molecule has 3 aromatic rings. The van der Waals surface area contributed by atoms with Gasteiger partial charge in [-0.3, -0.25) is 4.79 Å². The Labute approximate surface area is 220 Å². The number of nitrogens with one attached hydrogen (secondary N) is 1. The minimum Gasteiger partial charge on any atom is -0.490 e. The molecule has 35 heavy (non-hydrogen) atoms. The second kappa shape index (κ2) is 13.8. The van der Waals surface area contributed by atoms with E-state index >= 15 is 0 Å². The van der Waals surface area contributed by atoms with Crippen LogP contribution in [0.4, 0.5) is 0 Å². The van der Waals surface area contributed by atoms with Crippen LogP contribution < -0.4 is 14.9 Å². The van der Waals surface area contributed by atoms with E-state index in [1.54, 1.807) is 24.4 Å². The van der Waals surface area contributed by atoms with E-state index in [1.807, 2.05) is 55.5 Å². The maximum absolute atomic E-state index is 12.2. The molecule has 0 heterocycles. The molecule has 0 spiro atoms. The lowest BCUT2D eigenvalue weighted by molar-refractivity contribution is -0.118. The Morgan fingerprint density at radius 2 is 1.74 bits per heavy atom. The number of hydrazone groups is 1. The van der Waals surface area contributed by atoms with Gasteiger partial charge in [0.15, 0.2) is 11.5 Å². The van der Waals surface area contributed by atoms with Gasteiger partial charge in [-0.05, 0) is 73.0 Å². The van der Waals surface area contributed by atoms with E-state index in [0.717, 1.165) is 21.6 Å². The second-order valence-corrected chi connectivity index (χ2v) is 9.31. The number of nitrogens with zero attached hydrogens (tertiary/aromatic N) is 1. The number of allylic oxidation sites excluding steroid dienone is 1. The molecule has 0 saturated carbocycles. The van der Waals surface area contributed by atoms with Crippen LogP contribution in [0.3, 0.4) is 0 Å². The van der Waals surface area contributed by atoms with E-state index in [4.69, 9.17) is 32.7 Å². The Morgan fingerprint density at radius 1 is 1.06 bits per heavy atom. The largest absolute Gasteiger partial charge is 0.490 e. The zero-order valence-electron chi connectivity index (χ0n) is 19.3. The van der Waals surface area contributed by atoms with E-state index in [0.29, 0.717) is 41.2 Å². The molecule has 8 heteroatoms. The summed E-state index contributed by atoms with van der Waals surface area (Å²) in [6, 6.07) is 18.6. The van der Waals surface area contributed by atoms with Crippen LogP contribution >= 0.6 is 35.0 Å². The molecule has 0 fully saturated rings. The Morgan fingerprint density at radius 3 is 2.40 bits per heavy atom. The summed E-state index contributed by atoms with van der Waals surface area (Å²) >= 11 is 13.3. The number of amides is 1. The SMILES string of the molecule is C=CCc1cc(/C=N\NC(=O)CSc2ccc(Cl)cc2)cc(OCC)c1OCc1ccc(Cl)cc1. The highest BCUT2D eigenvalue weighted by molar-refractivity contribution is 8.00. The fourth-order valence-corrected chi connectivity index (χ4v) is 4.06. The van der Waals surface area contributed by atoms with Crippen molar-refractivity contribution >= 4 is 47.1 Å². The van der Waals surface area contributed by atoms with Gasteiger partial charge in [-0.2, -0.15) is 5.10 Å². The van der Waals surface area contributed by atoms with Gasteiger partial charge >= 0.3 is 0 Å². The first kappa shape index (κ1) is 26.7. The topological polar surface area (TPSA) is 59.9 Å². The van der Waals surface area contributed by atoms with E-state index in [-0.39, 0.29) is 11.7 Å². The Bertz CT molecular complexity index is 1170. The van der Waals surface area contributed by atoms with Crippen molar-refractivity contribution in [3.8, 4) is 11.5 Å². The maximum Gasteiger partial charge on any atom is 0.250 e. The van der Waals surface area contributed by atoms with E-state index in [2.05, 4.69) is 17.1 Å². The lowest BCUT2D eigenvalue weighted by Crippen LogP contribution is -2.19. The summed E-state index contributed by atoms with van der Waals surface area (Å²) in [5, 5.41) is 5.44. The number of benzene rings is 3. The molecular formula is C27H26Cl2N2O3S. The average Bonchev–Trinajstić information content (AvgIpc) is 2.85. The van der Waals surface area contributed by atoms with Crippen molar-refractivity contribution in [3.63, 3.8) is 0 Å². The number of halogens is 2. The van der Waals surface area contributed by atoms with Crippen molar-refractivity contribution in [1.29, 1.82) is 0 Å². The van der Waals surface area contributed by atoms with Crippen LogP contribution in [-0.2, 0) is 17.8 Å². The van der Waals surface area contributed by atoms with Crippen molar-refractivity contribution in [2.75, 3.05) is 12.4 Å². The zero-order chi connectivity index (χ0) is 25.0. The molecule has 3 rings (SSSR count). The van der Waals surface area contributed by atoms with E-state index in [9.17, 15) is 4.79 Å². The van der Waals surface area contributed by atoms with Crippen LogP contribution in [0.25, 0.3) is 0 Å². The highest BCUT2D eigenvalue weighted by Crippen LogP contribution is 2.34. The molecule has 0 aliphatic rings. The fraction of sp³-hybridized carbons (Fsp3) is 0.185. The molecule has 0 saturated heterocycles. The molecule has 0 radical (unpaired) electrons. The van der Waals surface area contributed by atoms with Gasteiger partial charge < -0.3 is 9.47 Å². The number of rotatable bonds is 12. The standard InChI is InChI=1S/C27H26Cl2N2O3S/c1-3-5-21-14-20(16-30-31-26(32)18-35-24-12-10-23(29)11-13-24)15-25(33-4-2)27(21)34-17-19-6-8-22(28)9-7-19/h3,6-16H,1,4-5,17-18H2,2H3,(H,31,32)/b30-16-. The number of ether oxygens (including phenoxy) is 2. The predicted octanol–water partition coefficient (Wildman–Crippen LogP) is 6.94. The molecule has 3 aromatic carbocycles. The number of carbonyl (C=O) groups is 1. The van der Waals surface area contributed by atoms with Gasteiger partial charge in [-0.1, -0.05) is 41.4 Å². The van der Waals surface area contributed by atoms with E-state index < -0.39 is 0 Å². The Kier molecular flexibility index (Phi) is 10.5. The molecule has 0 aliphatic heterocycles. The summed E-state index contributed by atoms with van der Waals surface area (Å²) in [5.74, 6) is 1.29. The molecular weight excluding hydrogens is 503 g/mol. The normalized spacial score (nSPS) is 10.8. The molecule has 0 atom stereocenters. The molecule has 5 nitrogen and oxygen atoms in total. The summed E-state index contributed by atoms with van der Waals surface area (Å²) in [4.78, 5) is 13.1. The number of thioether (sulfide) groups is 1. The Hall–Kier alpha value is -2.93. The van der Waals surface area contributed by atoms with Gasteiger partial charge in [-0.25, -0.2) is 5.43 Å². The average molecular weight is 529 g/mol. The number of hydrogen-bond donors (Lipinski definition) is 1. The van der Waals surface area contributed by atoms with Gasteiger partial charge in [0.25, 0.3) is 0 Å².